The Labute approximate surface area is 79.0 Å². The second-order valence-electron chi connectivity index (χ2n) is 1.99. The first-order valence-electron chi connectivity index (χ1n) is 2.85. The molecule has 0 saturated heterocycles. The van der Waals surface area contributed by atoms with Gasteiger partial charge >= 0.3 is 0 Å². The lowest BCUT2D eigenvalue weighted by Crippen LogP contribution is -1.73. The molecule has 0 amide bonds. The SMILES string of the molecule is Brc1ccc2nonc2c1Br. The standard InChI is InChI=1S/C6H2Br2N2O/c7-3-1-2-4-6(5(3)8)10-11-9-4/h1-2H. The van der Waals surface area contributed by atoms with Crippen LogP contribution in [0.2, 0.25) is 0 Å². The van der Waals surface area contributed by atoms with Gasteiger partial charge in [0.15, 0.2) is 5.52 Å². The van der Waals surface area contributed by atoms with Crippen LogP contribution in [0.3, 0.4) is 0 Å². The zero-order valence-electron chi connectivity index (χ0n) is 5.21. The number of nitrogens with zero attached hydrogens (tertiary/aromatic N) is 2. The minimum absolute atomic E-state index is 0.736. The van der Waals surface area contributed by atoms with E-state index >= 15 is 0 Å². The van der Waals surface area contributed by atoms with Crippen LogP contribution in [0.1, 0.15) is 0 Å². The predicted octanol–water partition coefficient (Wildman–Crippen LogP) is 2.75. The van der Waals surface area contributed by atoms with E-state index in [9.17, 15) is 0 Å². The summed E-state index contributed by atoms with van der Waals surface area (Å²) in [6.45, 7) is 0. The Bertz CT molecular complexity index is 398. The summed E-state index contributed by atoms with van der Waals surface area (Å²) in [4.78, 5) is 0. The number of benzene rings is 1. The predicted molar refractivity (Wildman–Crippen MR) is 47.2 cm³/mol. The topological polar surface area (TPSA) is 38.9 Å². The van der Waals surface area contributed by atoms with Crippen LogP contribution in [-0.2, 0) is 0 Å². The van der Waals surface area contributed by atoms with E-state index in [1.165, 1.54) is 0 Å². The second kappa shape index (κ2) is 2.57. The third-order valence-corrected chi connectivity index (χ3v) is 3.31. The van der Waals surface area contributed by atoms with Gasteiger partial charge in [-0.2, -0.15) is 0 Å². The Hall–Kier alpha value is -0.420. The maximum atomic E-state index is 4.55. The number of hydrogen-bond acceptors (Lipinski definition) is 3. The fourth-order valence-corrected chi connectivity index (χ4v) is 1.52. The van der Waals surface area contributed by atoms with Gasteiger partial charge in [-0.25, -0.2) is 4.63 Å². The second-order valence-corrected chi connectivity index (χ2v) is 3.64. The van der Waals surface area contributed by atoms with E-state index in [-0.39, 0.29) is 0 Å². The highest BCUT2D eigenvalue weighted by atomic mass is 79.9. The molecule has 0 aliphatic heterocycles. The summed E-state index contributed by atoms with van der Waals surface area (Å²) >= 11 is 6.70. The molecule has 2 rings (SSSR count). The van der Waals surface area contributed by atoms with Gasteiger partial charge < -0.3 is 0 Å². The molecule has 0 aliphatic carbocycles. The molecule has 0 atom stereocenters. The summed E-state index contributed by atoms with van der Waals surface area (Å²) in [7, 11) is 0. The van der Waals surface area contributed by atoms with E-state index in [1.54, 1.807) is 0 Å². The third kappa shape index (κ3) is 1.08. The molecule has 0 radical (unpaired) electrons. The molecule has 0 spiro atoms. The molecule has 0 fully saturated rings. The highest BCUT2D eigenvalue weighted by Crippen LogP contribution is 2.28. The lowest BCUT2D eigenvalue weighted by molar-refractivity contribution is 0.315. The van der Waals surface area contributed by atoms with Crippen LogP contribution in [-0.4, -0.2) is 10.3 Å². The zero-order chi connectivity index (χ0) is 7.84. The Kier molecular flexibility index (Phi) is 1.69. The smallest absolute Gasteiger partial charge is 0.150 e. The van der Waals surface area contributed by atoms with Crippen molar-refractivity contribution in [2.75, 3.05) is 0 Å². The molecule has 2 aromatic rings. The summed E-state index contributed by atoms with van der Waals surface area (Å²) in [5.74, 6) is 0. The Morgan fingerprint density at radius 1 is 1.18 bits per heavy atom. The highest BCUT2D eigenvalue weighted by molar-refractivity contribution is 9.13. The van der Waals surface area contributed by atoms with E-state index in [2.05, 4.69) is 46.8 Å². The summed E-state index contributed by atoms with van der Waals surface area (Å²) in [5.41, 5.74) is 1.49. The maximum absolute atomic E-state index is 4.55. The van der Waals surface area contributed by atoms with Gasteiger partial charge in [0.1, 0.15) is 5.52 Å². The monoisotopic (exact) mass is 276 g/mol. The summed E-state index contributed by atoms with van der Waals surface area (Å²) in [5, 5.41) is 7.40. The zero-order valence-corrected chi connectivity index (χ0v) is 8.39. The Morgan fingerprint density at radius 3 is 2.82 bits per heavy atom. The minimum atomic E-state index is 0.736. The molecule has 5 heteroatoms. The molecule has 1 aromatic heterocycles. The molecule has 0 unspecified atom stereocenters. The molecule has 0 aliphatic rings. The molecule has 0 bridgehead atoms. The molecule has 0 saturated carbocycles. The van der Waals surface area contributed by atoms with Crippen molar-refractivity contribution in [3.05, 3.63) is 21.1 Å². The molecular weight excluding hydrogens is 276 g/mol. The minimum Gasteiger partial charge on any atom is -0.243 e. The number of fused-ring (bicyclic) bond motifs is 1. The van der Waals surface area contributed by atoms with Crippen LogP contribution in [0.25, 0.3) is 11.0 Å². The molecule has 1 aromatic carbocycles. The van der Waals surface area contributed by atoms with Crippen LogP contribution >= 0.6 is 31.9 Å². The van der Waals surface area contributed by atoms with Crippen LogP contribution in [0.4, 0.5) is 0 Å². The first-order chi connectivity index (χ1) is 5.29. The Morgan fingerprint density at radius 2 is 2.00 bits per heavy atom. The van der Waals surface area contributed by atoms with Crippen molar-refractivity contribution in [3.63, 3.8) is 0 Å². The van der Waals surface area contributed by atoms with Gasteiger partial charge in [0.25, 0.3) is 0 Å². The summed E-state index contributed by atoms with van der Waals surface area (Å²) in [6, 6.07) is 3.72. The summed E-state index contributed by atoms with van der Waals surface area (Å²) < 4.78 is 6.37. The van der Waals surface area contributed by atoms with Crippen LogP contribution < -0.4 is 0 Å². The lowest BCUT2D eigenvalue weighted by atomic mass is 10.3. The molecule has 0 N–H and O–H groups in total. The third-order valence-electron chi connectivity index (χ3n) is 1.32. The van der Waals surface area contributed by atoms with E-state index in [1.807, 2.05) is 12.1 Å². The largest absolute Gasteiger partial charge is 0.243 e. The van der Waals surface area contributed by atoms with Gasteiger partial charge in [0.05, 0.1) is 4.47 Å². The van der Waals surface area contributed by atoms with Crippen molar-refractivity contribution in [3.8, 4) is 0 Å². The van der Waals surface area contributed by atoms with Crippen LogP contribution in [0, 0.1) is 0 Å². The molecular formula is C6H2Br2N2O. The number of hydrogen-bond donors (Lipinski definition) is 0. The molecule has 1 heterocycles. The van der Waals surface area contributed by atoms with E-state index in [4.69, 9.17) is 0 Å². The van der Waals surface area contributed by atoms with Crippen molar-refractivity contribution in [1.29, 1.82) is 0 Å². The summed E-state index contributed by atoms with van der Waals surface area (Å²) in [6.07, 6.45) is 0. The van der Waals surface area contributed by atoms with Crippen molar-refractivity contribution >= 4 is 42.9 Å². The first-order valence-corrected chi connectivity index (χ1v) is 4.44. The van der Waals surface area contributed by atoms with Gasteiger partial charge in [0.2, 0.25) is 0 Å². The quantitative estimate of drug-likeness (QED) is 0.743. The van der Waals surface area contributed by atoms with E-state index in [0.717, 1.165) is 20.0 Å². The number of rotatable bonds is 0. The Balaban J connectivity index is 2.93. The van der Waals surface area contributed by atoms with Crippen molar-refractivity contribution in [2.45, 2.75) is 0 Å². The van der Waals surface area contributed by atoms with Gasteiger partial charge in [-0.15, -0.1) is 0 Å². The van der Waals surface area contributed by atoms with Crippen LogP contribution in [0.5, 0.6) is 0 Å². The normalized spacial score (nSPS) is 10.7. The average molecular weight is 278 g/mol. The van der Waals surface area contributed by atoms with Crippen LogP contribution in [0.15, 0.2) is 25.7 Å². The first kappa shape index (κ1) is 7.24. The van der Waals surface area contributed by atoms with Gasteiger partial charge in [-0.3, -0.25) is 0 Å². The van der Waals surface area contributed by atoms with Crippen molar-refractivity contribution in [2.24, 2.45) is 0 Å². The van der Waals surface area contributed by atoms with Crippen molar-refractivity contribution < 1.29 is 4.63 Å². The van der Waals surface area contributed by atoms with Gasteiger partial charge in [0, 0.05) is 4.47 Å². The lowest BCUT2D eigenvalue weighted by Gasteiger charge is -1.91. The van der Waals surface area contributed by atoms with E-state index in [0.29, 0.717) is 0 Å². The average Bonchev–Trinajstić information content (AvgIpc) is 2.45. The number of halogens is 2. The fourth-order valence-electron chi connectivity index (χ4n) is 0.795. The molecule has 11 heavy (non-hydrogen) atoms. The molecule has 3 nitrogen and oxygen atoms in total. The number of aromatic nitrogens is 2. The molecule has 56 valence electrons. The fraction of sp³-hybridized carbons (Fsp3) is 0. The van der Waals surface area contributed by atoms with Crippen molar-refractivity contribution in [1.82, 2.24) is 10.3 Å². The highest BCUT2D eigenvalue weighted by Gasteiger charge is 2.06. The van der Waals surface area contributed by atoms with E-state index < -0.39 is 0 Å². The van der Waals surface area contributed by atoms with Gasteiger partial charge in [-0.05, 0) is 54.3 Å². The maximum Gasteiger partial charge on any atom is 0.150 e. The van der Waals surface area contributed by atoms with Gasteiger partial charge in [-0.1, -0.05) is 0 Å².